The van der Waals surface area contributed by atoms with Gasteiger partial charge in [0.15, 0.2) is 9.84 Å². The zero-order valence-electron chi connectivity index (χ0n) is 21.0. The molecule has 1 fully saturated rings. The van der Waals surface area contributed by atoms with Crippen LogP contribution in [0.3, 0.4) is 0 Å². The molecule has 2 aliphatic heterocycles. The number of rotatable bonds is 6. The Labute approximate surface area is 216 Å². The van der Waals surface area contributed by atoms with Crippen molar-refractivity contribution in [1.29, 1.82) is 0 Å². The van der Waals surface area contributed by atoms with Gasteiger partial charge in [-0.05, 0) is 67.8 Å². The number of anilines is 2. The lowest BCUT2D eigenvalue weighted by Gasteiger charge is -2.44. The van der Waals surface area contributed by atoms with Gasteiger partial charge < -0.3 is 15.0 Å². The summed E-state index contributed by atoms with van der Waals surface area (Å²) in [7, 11) is -2.32. The van der Waals surface area contributed by atoms with E-state index < -0.39 is 21.0 Å². The Morgan fingerprint density at radius 2 is 1.65 bits per heavy atom. The van der Waals surface area contributed by atoms with Crippen LogP contribution in [0, 0.1) is 18.6 Å². The maximum atomic E-state index is 14.0. The summed E-state index contributed by atoms with van der Waals surface area (Å²) in [6, 6.07) is 15.3. The van der Waals surface area contributed by atoms with Crippen molar-refractivity contribution in [1.82, 2.24) is 4.90 Å². The molecular formula is C28H31F2N3O3S. The Balaban J connectivity index is 1.44. The van der Waals surface area contributed by atoms with Crippen molar-refractivity contribution in [3.63, 3.8) is 0 Å². The first-order valence-corrected chi connectivity index (χ1v) is 14.0. The second kappa shape index (κ2) is 10.3. The van der Waals surface area contributed by atoms with E-state index in [1.54, 1.807) is 6.07 Å². The fourth-order valence-electron chi connectivity index (χ4n) is 5.43. The van der Waals surface area contributed by atoms with Crippen molar-refractivity contribution < 1.29 is 21.9 Å². The minimum absolute atomic E-state index is 0.109. The molecule has 0 saturated carbocycles. The number of piperazine rings is 1. The molecule has 9 heteroatoms. The van der Waals surface area contributed by atoms with Crippen LogP contribution in [0.15, 0.2) is 65.6 Å². The fourth-order valence-corrected chi connectivity index (χ4v) is 7.46. The Kier molecular flexibility index (Phi) is 7.09. The van der Waals surface area contributed by atoms with Crippen molar-refractivity contribution in [2.75, 3.05) is 43.5 Å². The third-order valence-electron chi connectivity index (χ3n) is 7.29. The van der Waals surface area contributed by atoms with Crippen LogP contribution in [-0.2, 0) is 16.3 Å². The Bertz CT molecular complexity index is 1370. The molecule has 0 aliphatic carbocycles. The Hall–Kier alpha value is -3.17. The lowest BCUT2D eigenvalue weighted by molar-refractivity contribution is 0.211. The van der Waals surface area contributed by atoms with E-state index in [0.29, 0.717) is 38.3 Å². The van der Waals surface area contributed by atoms with E-state index in [0.717, 1.165) is 17.8 Å². The third kappa shape index (κ3) is 5.15. The normalized spacial score (nSPS) is 19.1. The molecule has 1 N–H and O–H groups in total. The number of halogens is 2. The summed E-state index contributed by atoms with van der Waals surface area (Å²) in [5.41, 5.74) is 4.08. The second-order valence-electron chi connectivity index (χ2n) is 9.68. The molecule has 3 aromatic carbocycles. The first-order valence-electron chi connectivity index (χ1n) is 12.4. The van der Waals surface area contributed by atoms with Gasteiger partial charge in [-0.1, -0.05) is 17.7 Å². The lowest BCUT2D eigenvalue weighted by atomic mass is 9.96. The van der Waals surface area contributed by atoms with Crippen LogP contribution in [0.4, 0.5) is 20.2 Å². The summed E-state index contributed by atoms with van der Waals surface area (Å²) >= 11 is 0. The van der Waals surface area contributed by atoms with Crippen LogP contribution in [0.25, 0.3) is 0 Å². The number of nitrogens with one attached hydrogen (secondary N) is 1. The van der Waals surface area contributed by atoms with Gasteiger partial charge in [0.2, 0.25) is 0 Å². The number of fused-ring (bicyclic) bond motifs is 1. The molecule has 2 aliphatic rings. The maximum absolute atomic E-state index is 14.0. The SMILES string of the molecule is COc1cc(F)ccc1N1CCN(C(C2CCc3cc(C)ccc3N2)S(=O)(=O)c2ccc(F)cc2)CC1. The number of benzene rings is 3. The monoisotopic (exact) mass is 527 g/mol. The minimum Gasteiger partial charge on any atom is -0.494 e. The van der Waals surface area contributed by atoms with Gasteiger partial charge in [-0.3, -0.25) is 4.90 Å². The molecule has 1 saturated heterocycles. The van der Waals surface area contributed by atoms with Gasteiger partial charge in [-0.15, -0.1) is 0 Å². The largest absolute Gasteiger partial charge is 0.494 e. The summed E-state index contributed by atoms with van der Waals surface area (Å²) in [4.78, 5) is 4.20. The number of methoxy groups -OCH3 is 1. The first-order chi connectivity index (χ1) is 17.8. The van der Waals surface area contributed by atoms with E-state index in [1.165, 1.54) is 54.6 Å². The van der Waals surface area contributed by atoms with Gasteiger partial charge >= 0.3 is 0 Å². The highest BCUT2D eigenvalue weighted by atomic mass is 32.2. The van der Waals surface area contributed by atoms with Gasteiger partial charge in [-0.2, -0.15) is 0 Å². The van der Waals surface area contributed by atoms with Gasteiger partial charge in [0.1, 0.15) is 22.8 Å². The zero-order valence-corrected chi connectivity index (χ0v) is 21.8. The van der Waals surface area contributed by atoms with E-state index in [4.69, 9.17) is 4.74 Å². The molecule has 0 bridgehead atoms. The molecule has 196 valence electrons. The van der Waals surface area contributed by atoms with E-state index in [9.17, 15) is 17.2 Å². The van der Waals surface area contributed by atoms with E-state index in [-0.39, 0.29) is 16.8 Å². The van der Waals surface area contributed by atoms with Crippen LogP contribution in [0.1, 0.15) is 17.5 Å². The first kappa shape index (κ1) is 25.5. The Morgan fingerprint density at radius 3 is 2.35 bits per heavy atom. The predicted molar refractivity (Wildman–Crippen MR) is 141 cm³/mol. The molecular weight excluding hydrogens is 496 g/mol. The Morgan fingerprint density at radius 1 is 0.946 bits per heavy atom. The van der Waals surface area contributed by atoms with Crippen LogP contribution >= 0.6 is 0 Å². The standard InChI is InChI=1S/C28H31F2N3O3S/c1-19-3-10-24-20(17-19)4-11-25(31-24)28(37(34,35)23-8-5-21(29)6-9-23)33-15-13-32(14-16-33)26-12-7-22(30)18-27(26)36-2/h3,5-10,12,17-18,25,28,31H,4,11,13-16H2,1-2H3. The van der Waals surface area contributed by atoms with Crippen molar-refractivity contribution in [3.05, 3.63) is 83.4 Å². The average molecular weight is 528 g/mol. The summed E-state index contributed by atoms with van der Waals surface area (Å²) in [6.45, 7) is 4.14. The topological polar surface area (TPSA) is 61.9 Å². The van der Waals surface area contributed by atoms with Crippen molar-refractivity contribution in [2.45, 2.75) is 36.1 Å². The third-order valence-corrected chi connectivity index (χ3v) is 9.48. The highest BCUT2D eigenvalue weighted by Gasteiger charge is 2.42. The molecule has 3 aromatic rings. The molecule has 2 heterocycles. The van der Waals surface area contributed by atoms with E-state index in [2.05, 4.69) is 16.3 Å². The molecule has 2 atom stereocenters. The van der Waals surface area contributed by atoms with E-state index >= 15 is 0 Å². The molecule has 6 nitrogen and oxygen atoms in total. The van der Waals surface area contributed by atoms with Gasteiger partial charge in [-0.25, -0.2) is 17.2 Å². The number of aryl methyl sites for hydroxylation is 2. The summed E-state index contributed by atoms with van der Waals surface area (Å²) in [5.74, 6) is -0.397. The summed E-state index contributed by atoms with van der Waals surface area (Å²) < 4.78 is 60.8. The van der Waals surface area contributed by atoms with Crippen LogP contribution in [-0.4, -0.2) is 58.0 Å². The number of nitrogens with zero attached hydrogens (tertiary/aromatic N) is 2. The molecule has 2 unspecified atom stereocenters. The highest BCUT2D eigenvalue weighted by Crippen LogP contribution is 2.34. The molecule has 0 radical (unpaired) electrons. The molecule has 37 heavy (non-hydrogen) atoms. The van der Waals surface area contributed by atoms with Crippen LogP contribution in [0.2, 0.25) is 0 Å². The molecule has 0 aromatic heterocycles. The summed E-state index contributed by atoms with van der Waals surface area (Å²) in [6.07, 6.45) is 1.43. The number of ether oxygens (including phenoxy) is 1. The van der Waals surface area contributed by atoms with Gasteiger partial charge in [0.25, 0.3) is 0 Å². The van der Waals surface area contributed by atoms with Crippen molar-refractivity contribution in [3.8, 4) is 5.75 Å². The van der Waals surface area contributed by atoms with Crippen LogP contribution < -0.4 is 15.0 Å². The van der Waals surface area contributed by atoms with E-state index in [1.807, 2.05) is 24.0 Å². The molecule has 5 rings (SSSR count). The lowest BCUT2D eigenvalue weighted by Crippen LogP contribution is -2.58. The quantitative estimate of drug-likeness (QED) is 0.472. The maximum Gasteiger partial charge on any atom is 0.196 e. The van der Waals surface area contributed by atoms with Crippen molar-refractivity contribution >= 4 is 21.2 Å². The van der Waals surface area contributed by atoms with Crippen LogP contribution in [0.5, 0.6) is 5.75 Å². The average Bonchev–Trinajstić information content (AvgIpc) is 2.89. The second-order valence-corrected chi connectivity index (χ2v) is 11.7. The van der Waals surface area contributed by atoms with Gasteiger partial charge in [0.05, 0.1) is 23.7 Å². The summed E-state index contributed by atoms with van der Waals surface area (Å²) in [5, 5.41) is 2.68. The predicted octanol–water partition coefficient (Wildman–Crippen LogP) is 4.63. The number of hydrogen-bond acceptors (Lipinski definition) is 6. The number of sulfone groups is 1. The number of hydrogen-bond donors (Lipinski definition) is 1. The smallest absolute Gasteiger partial charge is 0.196 e. The highest BCUT2D eigenvalue weighted by molar-refractivity contribution is 7.92. The minimum atomic E-state index is -3.82. The van der Waals surface area contributed by atoms with Crippen molar-refractivity contribution in [2.24, 2.45) is 0 Å². The fraction of sp³-hybridized carbons (Fsp3) is 0.357. The zero-order chi connectivity index (χ0) is 26.2. The van der Waals surface area contributed by atoms with Gasteiger partial charge in [0, 0.05) is 37.9 Å². The molecule has 0 amide bonds. The molecule has 0 spiro atoms.